The first-order valence-electron chi connectivity index (χ1n) is 10.7. The van der Waals surface area contributed by atoms with Crippen LogP contribution in [0.2, 0.25) is 0 Å². The smallest absolute Gasteiger partial charge is 0.268 e. The largest absolute Gasteiger partial charge is 0.411 e. The Morgan fingerprint density at radius 2 is 2.00 bits per heavy atom. The maximum absolute atomic E-state index is 13.0. The van der Waals surface area contributed by atoms with Gasteiger partial charge in [-0.05, 0) is 37.3 Å². The van der Waals surface area contributed by atoms with E-state index >= 15 is 0 Å². The Hall–Kier alpha value is -2.83. The lowest BCUT2D eigenvalue weighted by Crippen LogP contribution is -2.51. The predicted octanol–water partition coefficient (Wildman–Crippen LogP) is 3.46. The van der Waals surface area contributed by atoms with E-state index in [4.69, 9.17) is 5.21 Å². The monoisotopic (exact) mass is 412 g/mol. The highest BCUT2D eigenvalue weighted by molar-refractivity contribution is 5.99. The molecule has 0 aliphatic heterocycles. The Balaban J connectivity index is 1.72. The molecular formula is C23H32N4O3. The molecule has 30 heavy (non-hydrogen) atoms. The Labute approximate surface area is 177 Å². The lowest BCUT2D eigenvalue weighted by molar-refractivity contribution is -0.127. The summed E-state index contributed by atoms with van der Waals surface area (Å²) in [5, 5.41) is 19.1. The zero-order valence-electron chi connectivity index (χ0n) is 18.0. The first-order chi connectivity index (χ1) is 14.4. The molecule has 3 rings (SSSR count). The summed E-state index contributed by atoms with van der Waals surface area (Å²) in [5.74, 6) is -0.197. The fraction of sp³-hybridized carbons (Fsp3) is 0.522. The van der Waals surface area contributed by atoms with Gasteiger partial charge < -0.3 is 20.4 Å². The SMILES string of the molecule is CC(C)CC(/C=N/O)NC(=O)[C@@H]1CCCC[C@@H]1NC(=O)c1cc2ccccc2n1C. The van der Waals surface area contributed by atoms with Crippen molar-refractivity contribution in [3.8, 4) is 0 Å². The molecule has 1 fully saturated rings. The first-order valence-corrected chi connectivity index (χ1v) is 10.7. The molecule has 3 atom stereocenters. The lowest BCUT2D eigenvalue weighted by atomic mass is 9.83. The summed E-state index contributed by atoms with van der Waals surface area (Å²) < 4.78 is 1.89. The van der Waals surface area contributed by atoms with Crippen molar-refractivity contribution >= 4 is 28.9 Å². The van der Waals surface area contributed by atoms with Crippen LogP contribution in [0.25, 0.3) is 10.9 Å². The Morgan fingerprint density at radius 3 is 2.70 bits per heavy atom. The van der Waals surface area contributed by atoms with Gasteiger partial charge in [-0.15, -0.1) is 0 Å². The van der Waals surface area contributed by atoms with E-state index < -0.39 is 0 Å². The molecule has 0 radical (unpaired) electrons. The van der Waals surface area contributed by atoms with Gasteiger partial charge in [-0.1, -0.05) is 50.0 Å². The third kappa shape index (κ3) is 5.01. The summed E-state index contributed by atoms with van der Waals surface area (Å²) in [4.78, 5) is 26.0. The van der Waals surface area contributed by atoms with Crippen LogP contribution in [0.15, 0.2) is 35.5 Å². The molecule has 1 aliphatic rings. The highest BCUT2D eigenvalue weighted by atomic mass is 16.4. The number of oxime groups is 1. The van der Waals surface area contributed by atoms with Gasteiger partial charge in [0.1, 0.15) is 5.69 Å². The summed E-state index contributed by atoms with van der Waals surface area (Å²) in [6.45, 7) is 4.11. The van der Waals surface area contributed by atoms with Crippen molar-refractivity contribution in [3.05, 3.63) is 36.0 Å². The molecule has 1 unspecified atom stereocenters. The quantitative estimate of drug-likeness (QED) is 0.369. The van der Waals surface area contributed by atoms with Gasteiger partial charge in [-0.3, -0.25) is 9.59 Å². The number of para-hydroxylation sites is 1. The van der Waals surface area contributed by atoms with Crippen LogP contribution in [0.3, 0.4) is 0 Å². The number of rotatable bonds is 7. The van der Waals surface area contributed by atoms with E-state index in [1.807, 2.05) is 41.9 Å². The molecule has 2 aromatic rings. The number of amides is 2. The minimum atomic E-state index is -0.320. The number of carbonyl (C=O) groups is 2. The summed E-state index contributed by atoms with van der Waals surface area (Å²) >= 11 is 0. The predicted molar refractivity (Wildman–Crippen MR) is 118 cm³/mol. The van der Waals surface area contributed by atoms with Crippen LogP contribution >= 0.6 is 0 Å². The van der Waals surface area contributed by atoms with Crippen molar-refractivity contribution in [1.82, 2.24) is 15.2 Å². The fourth-order valence-corrected chi connectivity index (χ4v) is 4.40. The molecular weight excluding hydrogens is 380 g/mol. The zero-order chi connectivity index (χ0) is 21.7. The van der Waals surface area contributed by atoms with Gasteiger partial charge in [0.25, 0.3) is 5.91 Å². The molecule has 1 aromatic heterocycles. The maximum Gasteiger partial charge on any atom is 0.268 e. The fourth-order valence-electron chi connectivity index (χ4n) is 4.40. The van der Waals surface area contributed by atoms with Crippen molar-refractivity contribution in [3.63, 3.8) is 0 Å². The molecule has 3 N–H and O–H groups in total. The average molecular weight is 413 g/mol. The summed E-state index contributed by atoms with van der Waals surface area (Å²) in [6.07, 6.45) is 5.51. The second-order valence-electron chi connectivity index (χ2n) is 8.63. The number of nitrogens with one attached hydrogen (secondary N) is 2. The first kappa shape index (κ1) is 21.9. The van der Waals surface area contributed by atoms with Crippen LogP contribution in [-0.4, -0.2) is 39.9 Å². The van der Waals surface area contributed by atoms with Gasteiger partial charge in [0.15, 0.2) is 0 Å². The normalized spacial score (nSPS) is 20.5. The van der Waals surface area contributed by atoms with Gasteiger partial charge >= 0.3 is 0 Å². The van der Waals surface area contributed by atoms with Crippen molar-refractivity contribution in [2.24, 2.45) is 24.0 Å². The lowest BCUT2D eigenvalue weighted by Gasteiger charge is -2.32. The molecule has 1 heterocycles. The Morgan fingerprint density at radius 1 is 1.27 bits per heavy atom. The maximum atomic E-state index is 13.0. The third-order valence-electron chi connectivity index (χ3n) is 5.90. The van der Waals surface area contributed by atoms with Gasteiger partial charge in [0, 0.05) is 24.0 Å². The van der Waals surface area contributed by atoms with Crippen LogP contribution in [0.1, 0.15) is 56.4 Å². The summed E-state index contributed by atoms with van der Waals surface area (Å²) in [7, 11) is 1.88. The van der Waals surface area contributed by atoms with Crippen molar-refractivity contribution in [2.75, 3.05) is 0 Å². The standard InChI is InChI=1S/C23H32N4O3/c1-15(2)12-17(14-24-30)25-22(28)18-9-5-6-10-19(18)26-23(29)21-13-16-8-4-7-11-20(16)27(21)3/h4,7-8,11,13-15,17-19,30H,5-6,9-10,12H2,1-3H3,(H,25,28)(H,26,29)/b24-14+/t17?,18-,19+/m1/s1. The van der Waals surface area contributed by atoms with E-state index in [1.54, 1.807) is 0 Å². The minimum absolute atomic E-state index is 0.0948. The Kier molecular flexibility index (Phi) is 7.13. The number of fused-ring (bicyclic) bond motifs is 1. The highest BCUT2D eigenvalue weighted by Gasteiger charge is 2.33. The minimum Gasteiger partial charge on any atom is -0.411 e. The van der Waals surface area contributed by atoms with Crippen LogP contribution in [0.4, 0.5) is 0 Å². The second-order valence-corrected chi connectivity index (χ2v) is 8.63. The van der Waals surface area contributed by atoms with Gasteiger partial charge in [0.2, 0.25) is 5.91 Å². The van der Waals surface area contributed by atoms with E-state index in [0.717, 1.165) is 36.6 Å². The van der Waals surface area contributed by atoms with E-state index in [0.29, 0.717) is 18.0 Å². The molecule has 7 heteroatoms. The number of aryl methyl sites for hydroxylation is 1. The number of carbonyl (C=O) groups excluding carboxylic acids is 2. The van der Waals surface area contributed by atoms with E-state index in [1.165, 1.54) is 6.21 Å². The molecule has 0 bridgehead atoms. The van der Waals surface area contributed by atoms with E-state index in [-0.39, 0.29) is 29.8 Å². The van der Waals surface area contributed by atoms with E-state index in [2.05, 4.69) is 29.6 Å². The number of hydrogen-bond donors (Lipinski definition) is 3. The van der Waals surface area contributed by atoms with Crippen LogP contribution in [0.5, 0.6) is 0 Å². The highest BCUT2D eigenvalue weighted by Crippen LogP contribution is 2.26. The summed E-state index contributed by atoms with van der Waals surface area (Å²) in [5.41, 5.74) is 1.59. The molecule has 0 saturated heterocycles. The molecule has 1 aromatic carbocycles. The number of nitrogens with zero attached hydrogens (tertiary/aromatic N) is 2. The van der Waals surface area contributed by atoms with Crippen molar-refractivity contribution in [1.29, 1.82) is 0 Å². The molecule has 7 nitrogen and oxygen atoms in total. The number of hydrogen-bond acceptors (Lipinski definition) is 4. The molecule has 0 spiro atoms. The summed E-state index contributed by atoms with van der Waals surface area (Å²) in [6, 6.07) is 9.23. The average Bonchev–Trinajstić information content (AvgIpc) is 3.05. The number of benzene rings is 1. The van der Waals surface area contributed by atoms with Crippen LogP contribution in [-0.2, 0) is 11.8 Å². The van der Waals surface area contributed by atoms with Crippen molar-refractivity contribution < 1.29 is 14.8 Å². The van der Waals surface area contributed by atoms with Gasteiger partial charge in [0.05, 0.1) is 18.2 Å². The molecule has 2 amide bonds. The second kappa shape index (κ2) is 9.78. The van der Waals surface area contributed by atoms with Gasteiger partial charge in [-0.2, -0.15) is 0 Å². The van der Waals surface area contributed by atoms with Crippen molar-refractivity contribution in [2.45, 2.75) is 58.0 Å². The van der Waals surface area contributed by atoms with E-state index in [9.17, 15) is 9.59 Å². The zero-order valence-corrected chi connectivity index (χ0v) is 18.0. The van der Waals surface area contributed by atoms with Crippen LogP contribution < -0.4 is 10.6 Å². The van der Waals surface area contributed by atoms with Gasteiger partial charge in [-0.25, -0.2) is 0 Å². The molecule has 1 aliphatic carbocycles. The third-order valence-corrected chi connectivity index (χ3v) is 5.90. The van der Waals surface area contributed by atoms with Crippen LogP contribution in [0, 0.1) is 11.8 Å². The molecule has 1 saturated carbocycles. The topological polar surface area (TPSA) is 95.7 Å². The Bertz CT molecular complexity index is 918. The molecule has 162 valence electrons. The number of aromatic nitrogens is 1.